The summed E-state index contributed by atoms with van der Waals surface area (Å²) >= 11 is 6.19. The zero-order valence-electron chi connectivity index (χ0n) is 15.5. The fraction of sp³-hybridized carbons (Fsp3) is 0.941. The number of amides is 1. The molecule has 5 N–H and O–H groups in total. The third-order valence-corrected chi connectivity index (χ3v) is 5.69. The number of aliphatic hydroxyl groups is 4. The monoisotopic (exact) mass is 394 g/mol. The van der Waals surface area contributed by atoms with E-state index in [0.29, 0.717) is 5.92 Å². The second kappa shape index (κ2) is 9.14. The minimum atomic E-state index is -1.67. The summed E-state index contributed by atoms with van der Waals surface area (Å²) in [5, 5.41) is 41.6. The molecule has 0 aliphatic carbocycles. The van der Waals surface area contributed by atoms with E-state index >= 15 is 0 Å². The highest BCUT2D eigenvalue weighted by Crippen LogP contribution is 2.28. The van der Waals surface area contributed by atoms with Gasteiger partial charge >= 0.3 is 0 Å². The molecule has 0 aromatic rings. The second-order valence-electron chi connectivity index (χ2n) is 7.52. The van der Waals surface area contributed by atoms with Crippen LogP contribution >= 0.6 is 11.6 Å². The minimum absolute atomic E-state index is 0.227. The Morgan fingerprint density at radius 2 is 1.92 bits per heavy atom. The zero-order chi connectivity index (χ0) is 19.6. The molecule has 2 aliphatic heterocycles. The Labute approximate surface area is 159 Å². The summed E-state index contributed by atoms with van der Waals surface area (Å²) in [7, 11) is 1.90. The Morgan fingerprint density at radius 3 is 2.50 bits per heavy atom. The summed E-state index contributed by atoms with van der Waals surface area (Å²) in [6, 6.07) is -1.14. The van der Waals surface area contributed by atoms with Crippen LogP contribution < -0.4 is 5.32 Å². The number of halogens is 1. The quantitative estimate of drug-likeness (QED) is 0.367. The number of hydrogen-bond donors (Lipinski definition) is 5. The lowest BCUT2D eigenvalue weighted by molar-refractivity contribution is -0.286. The van der Waals surface area contributed by atoms with E-state index < -0.39 is 42.1 Å². The number of carbonyl (C=O) groups excluding carboxylic acids is 1. The van der Waals surface area contributed by atoms with Gasteiger partial charge in [0, 0.05) is 6.54 Å². The van der Waals surface area contributed by atoms with Crippen LogP contribution in [0.2, 0.25) is 0 Å². The Balaban J connectivity index is 2.07. The number of nitrogens with zero attached hydrogens (tertiary/aromatic N) is 1. The molecule has 0 radical (unpaired) electrons. The van der Waals surface area contributed by atoms with Crippen LogP contribution in [-0.4, -0.2) is 93.0 Å². The topological polar surface area (TPSA) is 122 Å². The molecule has 0 aromatic carbocycles. The lowest BCUT2D eigenvalue weighted by Gasteiger charge is -2.42. The van der Waals surface area contributed by atoms with Gasteiger partial charge in [-0.1, -0.05) is 13.3 Å². The molecule has 0 spiro atoms. The summed E-state index contributed by atoms with van der Waals surface area (Å²) in [4.78, 5) is 14.8. The van der Waals surface area contributed by atoms with Crippen molar-refractivity contribution in [2.45, 2.75) is 81.3 Å². The van der Waals surface area contributed by atoms with Gasteiger partial charge in [-0.2, -0.15) is 0 Å². The normalized spacial score (nSPS) is 41.0. The third-order valence-electron chi connectivity index (χ3n) is 5.42. The molecule has 2 rings (SSSR count). The molecule has 9 atom stereocenters. The number of ether oxygens (including phenoxy) is 1. The Kier molecular flexibility index (Phi) is 7.67. The van der Waals surface area contributed by atoms with E-state index in [-0.39, 0.29) is 11.9 Å². The van der Waals surface area contributed by atoms with E-state index in [1.54, 1.807) is 6.92 Å². The van der Waals surface area contributed by atoms with Gasteiger partial charge in [-0.25, -0.2) is 0 Å². The lowest BCUT2D eigenvalue weighted by Crippen LogP contribution is -2.65. The van der Waals surface area contributed by atoms with Gasteiger partial charge in [-0.05, 0) is 32.7 Å². The first-order chi connectivity index (χ1) is 12.2. The van der Waals surface area contributed by atoms with Crippen molar-refractivity contribution in [3.05, 3.63) is 0 Å². The molecule has 1 unspecified atom stereocenters. The van der Waals surface area contributed by atoms with Crippen molar-refractivity contribution in [1.29, 1.82) is 0 Å². The minimum Gasteiger partial charge on any atom is -0.388 e. The van der Waals surface area contributed by atoms with Crippen molar-refractivity contribution in [2.24, 2.45) is 5.92 Å². The first kappa shape index (κ1) is 21.8. The summed E-state index contributed by atoms with van der Waals surface area (Å²) in [6.07, 6.45) is -4.65. The summed E-state index contributed by atoms with van der Waals surface area (Å²) < 4.78 is 5.24. The van der Waals surface area contributed by atoms with Gasteiger partial charge in [0.2, 0.25) is 5.91 Å². The highest BCUT2D eigenvalue weighted by molar-refractivity contribution is 6.21. The average molecular weight is 395 g/mol. The van der Waals surface area contributed by atoms with Crippen LogP contribution in [0.15, 0.2) is 0 Å². The maximum atomic E-state index is 12.8. The largest absolute Gasteiger partial charge is 0.388 e. The Hall–Kier alpha value is -0.480. The van der Waals surface area contributed by atoms with Crippen LogP contribution in [-0.2, 0) is 9.53 Å². The zero-order valence-corrected chi connectivity index (χ0v) is 16.2. The van der Waals surface area contributed by atoms with Crippen LogP contribution in [0.25, 0.3) is 0 Å². The molecule has 0 saturated carbocycles. The summed E-state index contributed by atoms with van der Waals surface area (Å²) in [5.41, 5.74) is 0. The number of carbonyl (C=O) groups is 1. The van der Waals surface area contributed by atoms with E-state index in [0.717, 1.165) is 25.8 Å². The van der Waals surface area contributed by atoms with E-state index in [4.69, 9.17) is 16.3 Å². The lowest BCUT2D eigenvalue weighted by atomic mass is 9.92. The highest BCUT2D eigenvalue weighted by Gasteiger charge is 2.48. The first-order valence-corrected chi connectivity index (χ1v) is 9.63. The molecule has 2 aliphatic rings. The van der Waals surface area contributed by atoms with Crippen LogP contribution in [0.3, 0.4) is 0 Å². The van der Waals surface area contributed by atoms with E-state index in [1.807, 2.05) is 11.9 Å². The van der Waals surface area contributed by atoms with Crippen molar-refractivity contribution < 1.29 is 30.0 Å². The Bertz CT molecular complexity index is 482. The smallest absolute Gasteiger partial charge is 0.237 e. The van der Waals surface area contributed by atoms with Gasteiger partial charge in [0.1, 0.15) is 24.4 Å². The molecular formula is C17H31ClN2O6. The molecule has 2 heterocycles. The molecule has 2 saturated heterocycles. The number of likely N-dealkylation sites (tertiary alicyclic amines) is 1. The van der Waals surface area contributed by atoms with Crippen molar-refractivity contribution in [3.63, 3.8) is 0 Å². The van der Waals surface area contributed by atoms with Gasteiger partial charge in [-0.3, -0.25) is 9.69 Å². The van der Waals surface area contributed by atoms with E-state index in [2.05, 4.69) is 12.2 Å². The maximum absolute atomic E-state index is 12.8. The summed E-state index contributed by atoms with van der Waals surface area (Å²) in [5.74, 6) is 0.234. The first-order valence-electron chi connectivity index (χ1n) is 9.19. The second-order valence-corrected chi connectivity index (χ2v) is 8.21. The number of aliphatic hydroxyl groups excluding tert-OH is 4. The summed E-state index contributed by atoms with van der Waals surface area (Å²) in [6.45, 7) is 4.59. The van der Waals surface area contributed by atoms with Crippen molar-refractivity contribution in [1.82, 2.24) is 10.2 Å². The van der Waals surface area contributed by atoms with Crippen LogP contribution in [0, 0.1) is 5.92 Å². The van der Waals surface area contributed by atoms with Gasteiger partial charge in [0.15, 0.2) is 6.29 Å². The molecule has 0 aromatic heterocycles. The molecule has 1 amide bonds. The van der Waals surface area contributed by atoms with Gasteiger partial charge in [0.25, 0.3) is 0 Å². The number of nitrogens with one attached hydrogen (secondary N) is 1. The maximum Gasteiger partial charge on any atom is 0.237 e. The number of hydrogen-bond acceptors (Lipinski definition) is 7. The SMILES string of the molecule is CCC[C@@H]1C[C@@H](C(=O)N[C@@H]([C@H]2OC(O)[C@H](O)[C@@H](O)[C@H]2O)[C@H](C)Cl)N(C)C1. The molecule has 9 heteroatoms. The van der Waals surface area contributed by atoms with E-state index in [9.17, 15) is 25.2 Å². The number of alkyl halides is 1. The highest BCUT2D eigenvalue weighted by atomic mass is 35.5. The molecule has 26 heavy (non-hydrogen) atoms. The predicted octanol–water partition coefficient (Wildman–Crippen LogP) is -0.981. The molecular weight excluding hydrogens is 364 g/mol. The molecule has 0 bridgehead atoms. The number of rotatable bonds is 6. The Morgan fingerprint density at radius 1 is 1.27 bits per heavy atom. The van der Waals surface area contributed by atoms with Crippen LogP contribution in [0.5, 0.6) is 0 Å². The predicted molar refractivity (Wildman–Crippen MR) is 95.6 cm³/mol. The van der Waals surface area contributed by atoms with Gasteiger partial charge in [0.05, 0.1) is 17.5 Å². The average Bonchev–Trinajstić information content (AvgIpc) is 2.95. The number of likely N-dealkylation sites (N-methyl/N-ethyl adjacent to an activating group) is 1. The van der Waals surface area contributed by atoms with Crippen molar-refractivity contribution >= 4 is 17.5 Å². The standard InChI is InChI=1S/C17H31ClN2O6/c1-4-5-9-6-10(20(3)7-9)16(24)19-11(8(2)18)15-13(22)12(21)14(23)17(25)26-15/h8-15,17,21-23,25H,4-7H2,1-3H3,(H,19,24)/t8-,9+,10-,11+,12-,13+,14+,15+,17?/m0/s1. The van der Waals surface area contributed by atoms with Crippen LogP contribution in [0.1, 0.15) is 33.1 Å². The third kappa shape index (κ3) is 4.67. The fourth-order valence-corrected chi connectivity index (χ4v) is 4.14. The molecule has 8 nitrogen and oxygen atoms in total. The molecule has 2 fully saturated rings. The van der Waals surface area contributed by atoms with Crippen molar-refractivity contribution in [3.8, 4) is 0 Å². The van der Waals surface area contributed by atoms with Crippen molar-refractivity contribution in [2.75, 3.05) is 13.6 Å². The van der Waals surface area contributed by atoms with Gasteiger partial charge in [-0.15, -0.1) is 11.6 Å². The molecule has 152 valence electrons. The van der Waals surface area contributed by atoms with Crippen LogP contribution in [0.4, 0.5) is 0 Å². The van der Waals surface area contributed by atoms with Gasteiger partial charge < -0.3 is 30.5 Å². The fourth-order valence-electron chi connectivity index (χ4n) is 3.93. The van der Waals surface area contributed by atoms with E-state index in [1.165, 1.54) is 0 Å².